The van der Waals surface area contributed by atoms with Crippen molar-refractivity contribution in [2.45, 2.75) is 25.8 Å². The number of rotatable bonds is 6. The molecule has 1 atom stereocenters. The lowest BCUT2D eigenvalue weighted by atomic mass is 10.0. The highest BCUT2D eigenvalue weighted by atomic mass is 16.2. The van der Waals surface area contributed by atoms with Crippen molar-refractivity contribution < 1.29 is 9.59 Å². The van der Waals surface area contributed by atoms with E-state index in [-0.39, 0.29) is 17.4 Å². The molecule has 3 rings (SSSR count). The van der Waals surface area contributed by atoms with E-state index in [1.54, 1.807) is 7.05 Å². The van der Waals surface area contributed by atoms with Crippen LogP contribution in [0.5, 0.6) is 0 Å². The maximum Gasteiger partial charge on any atom is 0.256 e. The molecule has 0 spiro atoms. The Balaban J connectivity index is 1.88. The van der Waals surface area contributed by atoms with E-state index in [1.807, 2.05) is 54.6 Å². The average Bonchev–Trinajstić information content (AvgIpc) is 2.75. The number of benzene rings is 2. The van der Waals surface area contributed by atoms with Crippen LogP contribution in [0.25, 0.3) is 0 Å². The van der Waals surface area contributed by atoms with Crippen LogP contribution in [0.4, 0.5) is 5.69 Å². The van der Waals surface area contributed by atoms with Crippen molar-refractivity contribution in [3.8, 4) is 0 Å². The molecular weight excluding hydrogens is 378 g/mol. The van der Waals surface area contributed by atoms with Crippen molar-refractivity contribution in [3.05, 3.63) is 100.0 Å². The topological polar surface area (TPSA) is 82.3 Å². The van der Waals surface area contributed by atoms with Gasteiger partial charge >= 0.3 is 0 Å². The van der Waals surface area contributed by atoms with E-state index in [0.29, 0.717) is 22.7 Å². The molecule has 0 aliphatic carbocycles. The summed E-state index contributed by atoms with van der Waals surface area (Å²) in [6.45, 7) is 4.22. The van der Waals surface area contributed by atoms with Gasteiger partial charge in [-0.15, -0.1) is 0 Å². The number of H-pyrrole nitrogens is 1. The molecule has 154 valence electrons. The third-order valence-corrected chi connectivity index (χ3v) is 4.95. The van der Waals surface area contributed by atoms with Gasteiger partial charge in [0.2, 0.25) is 5.56 Å². The average molecular weight is 403 g/mol. The molecule has 30 heavy (non-hydrogen) atoms. The highest BCUT2D eigenvalue weighted by molar-refractivity contribution is 6.01. The molecule has 1 aromatic heterocycles. The minimum Gasteiger partial charge on any atom is -0.328 e. The quantitative estimate of drug-likeness (QED) is 0.654. The van der Waals surface area contributed by atoms with Gasteiger partial charge in [-0.25, -0.2) is 0 Å². The van der Waals surface area contributed by atoms with Crippen LogP contribution < -0.4 is 10.9 Å². The van der Waals surface area contributed by atoms with Crippen LogP contribution >= 0.6 is 0 Å². The van der Waals surface area contributed by atoms with Crippen LogP contribution in [0, 0.1) is 0 Å². The van der Waals surface area contributed by atoms with Gasteiger partial charge in [-0.05, 0) is 35.2 Å². The maximum atomic E-state index is 13.2. The van der Waals surface area contributed by atoms with Crippen LogP contribution in [0.2, 0.25) is 0 Å². The van der Waals surface area contributed by atoms with Crippen molar-refractivity contribution in [1.82, 2.24) is 9.88 Å². The molecule has 0 saturated carbocycles. The van der Waals surface area contributed by atoms with Crippen molar-refractivity contribution in [2.75, 3.05) is 12.4 Å². The number of likely N-dealkylation sites (N-methyl/N-ethyl adjacent to an activating group) is 1. The van der Waals surface area contributed by atoms with Crippen LogP contribution in [0.3, 0.4) is 0 Å². The Hall–Kier alpha value is -3.67. The summed E-state index contributed by atoms with van der Waals surface area (Å²) in [5, 5.41) is 2.91. The standard InChI is InChI=1S/C24H25N3O3/c1-16(2)17-9-12-20(13-10-17)26-23(29)22(18-7-5-4-6-8-18)27(3)24(30)19-11-14-21(28)25-15-19/h4-16,22H,1-3H3,(H,25,28)(H,26,29). The second-order valence-corrected chi connectivity index (χ2v) is 7.44. The summed E-state index contributed by atoms with van der Waals surface area (Å²) < 4.78 is 0. The first kappa shape index (κ1) is 21.0. The number of anilines is 1. The van der Waals surface area contributed by atoms with Crippen LogP contribution in [-0.2, 0) is 4.79 Å². The van der Waals surface area contributed by atoms with Gasteiger partial charge in [0.25, 0.3) is 11.8 Å². The largest absolute Gasteiger partial charge is 0.328 e. The number of nitrogens with zero attached hydrogens (tertiary/aromatic N) is 1. The molecule has 0 fully saturated rings. The summed E-state index contributed by atoms with van der Waals surface area (Å²) in [5.41, 5.74) is 2.53. The molecule has 0 radical (unpaired) electrons. The number of aromatic amines is 1. The smallest absolute Gasteiger partial charge is 0.256 e. The Kier molecular flexibility index (Phi) is 6.47. The third kappa shape index (κ3) is 4.84. The normalized spacial score (nSPS) is 11.7. The van der Waals surface area contributed by atoms with Gasteiger partial charge in [0.15, 0.2) is 0 Å². The molecule has 3 aromatic rings. The second kappa shape index (κ2) is 9.22. The molecule has 0 aliphatic heterocycles. The number of nitrogens with one attached hydrogen (secondary N) is 2. The molecule has 0 saturated heterocycles. The van der Waals surface area contributed by atoms with Crippen LogP contribution in [-0.4, -0.2) is 28.7 Å². The van der Waals surface area contributed by atoms with Gasteiger partial charge in [-0.2, -0.15) is 0 Å². The fourth-order valence-electron chi connectivity index (χ4n) is 3.21. The Morgan fingerprint density at radius 3 is 2.13 bits per heavy atom. The lowest BCUT2D eigenvalue weighted by Crippen LogP contribution is -2.38. The first-order valence-electron chi connectivity index (χ1n) is 9.78. The fourth-order valence-corrected chi connectivity index (χ4v) is 3.21. The summed E-state index contributed by atoms with van der Waals surface area (Å²) in [5.74, 6) is -0.294. The van der Waals surface area contributed by atoms with Gasteiger partial charge in [-0.1, -0.05) is 56.3 Å². The van der Waals surface area contributed by atoms with Gasteiger partial charge in [-0.3, -0.25) is 14.4 Å². The van der Waals surface area contributed by atoms with Gasteiger partial charge in [0.1, 0.15) is 6.04 Å². The first-order valence-corrected chi connectivity index (χ1v) is 9.78. The van der Waals surface area contributed by atoms with Gasteiger partial charge in [0, 0.05) is 25.0 Å². The van der Waals surface area contributed by atoms with Crippen molar-refractivity contribution in [3.63, 3.8) is 0 Å². The maximum absolute atomic E-state index is 13.2. The molecule has 2 amide bonds. The van der Waals surface area contributed by atoms with E-state index in [9.17, 15) is 14.4 Å². The summed E-state index contributed by atoms with van der Waals surface area (Å²) >= 11 is 0. The highest BCUT2D eigenvalue weighted by Gasteiger charge is 2.29. The minimum absolute atomic E-state index is 0.295. The third-order valence-electron chi connectivity index (χ3n) is 4.95. The Morgan fingerprint density at radius 2 is 1.57 bits per heavy atom. The number of carbonyl (C=O) groups is 2. The Bertz CT molecular complexity index is 1050. The first-order chi connectivity index (χ1) is 14.4. The number of hydrogen-bond acceptors (Lipinski definition) is 3. The molecule has 1 heterocycles. The van der Waals surface area contributed by atoms with Crippen molar-refractivity contribution in [2.24, 2.45) is 0 Å². The summed E-state index contributed by atoms with van der Waals surface area (Å²) in [6, 6.07) is 18.7. The van der Waals surface area contributed by atoms with Crippen molar-refractivity contribution in [1.29, 1.82) is 0 Å². The fraction of sp³-hybridized carbons (Fsp3) is 0.208. The lowest BCUT2D eigenvalue weighted by Gasteiger charge is -2.28. The van der Waals surface area contributed by atoms with Gasteiger partial charge in [0.05, 0.1) is 5.56 Å². The zero-order chi connectivity index (χ0) is 21.7. The molecule has 0 bridgehead atoms. The van der Waals surface area contributed by atoms with E-state index in [1.165, 1.54) is 28.8 Å². The molecule has 1 unspecified atom stereocenters. The SMILES string of the molecule is CC(C)c1ccc(NC(=O)C(c2ccccc2)N(C)C(=O)c2ccc(=O)[nH]c2)cc1. The lowest BCUT2D eigenvalue weighted by molar-refractivity contribution is -0.120. The molecule has 0 aliphatic rings. The van der Waals surface area contributed by atoms with E-state index in [4.69, 9.17) is 0 Å². The van der Waals surface area contributed by atoms with Gasteiger partial charge < -0.3 is 15.2 Å². The molecule has 2 N–H and O–H groups in total. The monoisotopic (exact) mass is 403 g/mol. The van der Waals surface area contributed by atoms with Crippen LogP contribution in [0.15, 0.2) is 77.7 Å². The predicted molar refractivity (Wildman–Crippen MR) is 117 cm³/mol. The predicted octanol–water partition coefficient (Wildman–Crippen LogP) is 3.95. The summed E-state index contributed by atoms with van der Waals surface area (Å²) in [6.07, 6.45) is 1.35. The molecule has 2 aromatic carbocycles. The van der Waals surface area contributed by atoms with E-state index in [2.05, 4.69) is 24.1 Å². The zero-order valence-electron chi connectivity index (χ0n) is 17.3. The van der Waals surface area contributed by atoms with E-state index < -0.39 is 6.04 Å². The number of aromatic nitrogens is 1. The van der Waals surface area contributed by atoms with Crippen molar-refractivity contribution >= 4 is 17.5 Å². The van der Waals surface area contributed by atoms with E-state index in [0.717, 1.165) is 0 Å². The van der Waals surface area contributed by atoms with E-state index >= 15 is 0 Å². The summed E-state index contributed by atoms with van der Waals surface area (Å²) in [7, 11) is 1.58. The number of pyridine rings is 1. The molecule has 6 heteroatoms. The molecular formula is C24H25N3O3. The number of amides is 2. The zero-order valence-corrected chi connectivity index (χ0v) is 17.3. The number of hydrogen-bond donors (Lipinski definition) is 2. The number of carbonyl (C=O) groups excluding carboxylic acids is 2. The molecule has 6 nitrogen and oxygen atoms in total. The Morgan fingerprint density at radius 1 is 0.900 bits per heavy atom. The van der Waals surface area contributed by atoms with Crippen LogP contribution in [0.1, 0.15) is 47.3 Å². The highest BCUT2D eigenvalue weighted by Crippen LogP contribution is 2.24. The second-order valence-electron chi connectivity index (χ2n) is 7.44. The Labute approximate surface area is 175 Å². The minimum atomic E-state index is -0.838. The summed E-state index contributed by atoms with van der Waals surface area (Å²) in [4.78, 5) is 41.3.